The lowest BCUT2D eigenvalue weighted by Crippen LogP contribution is -1.91. The second-order valence-electron chi connectivity index (χ2n) is 4.35. The molecule has 0 radical (unpaired) electrons. The van der Waals surface area contributed by atoms with Gasteiger partial charge in [0.1, 0.15) is 11.8 Å². The molecular formula is C15H12N4OS. The van der Waals surface area contributed by atoms with E-state index < -0.39 is 0 Å². The minimum absolute atomic E-state index is 0.543. The Hall–Kier alpha value is -2.52. The summed E-state index contributed by atoms with van der Waals surface area (Å²) >= 11 is 1.58. The molecule has 2 heterocycles. The molecule has 0 spiro atoms. The maximum absolute atomic E-state index is 9.10. The van der Waals surface area contributed by atoms with Crippen molar-refractivity contribution in [3.05, 3.63) is 53.7 Å². The van der Waals surface area contributed by atoms with Crippen LogP contribution < -0.4 is 4.74 Å². The van der Waals surface area contributed by atoms with Crippen LogP contribution in [0.25, 0.3) is 5.65 Å². The highest BCUT2D eigenvalue weighted by Crippen LogP contribution is 2.25. The third-order valence-electron chi connectivity index (χ3n) is 3.03. The van der Waals surface area contributed by atoms with Crippen molar-refractivity contribution >= 4 is 17.4 Å². The number of hydrogen-bond acceptors (Lipinski definition) is 5. The molecule has 0 fully saturated rings. The molecule has 0 saturated carbocycles. The number of ether oxygens (including phenoxy) is 1. The van der Waals surface area contributed by atoms with Crippen LogP contribution in [0.15, 0.2) is 47.8 Å². The first-order valence-corrected chi connectivity index (χ1v) is 7.30. The Bertz CT molecular complexity index is 822. The average molecular weight is 296 g/mol. The molecule has 0 unspecified atom stereocenters. The zero-order valence-electron chi connectivity index (χ0n) is 11.4. The summed E-state index contributed by atoms with van der Waals surface area (Å²) in [4.78, 5) is 0. The summed E-state index contributed by atoms with van der Waals surface area (Å²) in [5, 5.41) is 18.2. The first-order valence-electron chi connectivity index (χ1n) is 6.31. The summed E-state index contributed by atoms with van der Waals surface area (Å²) in [6.45, 7) is 0. The molecular weight excluding hydrogens is 284 g/mol. The van der Waals surface area contributed by atoms with Crippen LogP contribution in [0.4, 0.5) is 0 Å². The quantitative estimate of drug-likeness (QED) is 0.693. The van der Waals surface area contributed by atoms with Gasteiger partial charge in [-0.25, -0.2) is 0 Å². The zero-order valence-corrected chi connectivity index (χ0v) is 12.2. The smallest absolute Gasteiger partial charge is 0.195 e. The lowest BCUT2D eigenvalue weighted by atomic mass is 10.1. The number of nitrogens with zero attached hydrogens (tertiary/aromatic N) is 4. The summed E-state index contributed by atoms with van der Waals surface area (Å²) < 4.78 is 7.09. The van der Waals surface area contributed by atoms with Crippen LogP contribution in [-0.2, 0) is 5.75 Å². The van der Waals surface area contributed by atoms with E-state index >= 15 is 0 Å². The van der Waals surface area contributed by atoms with Gasteiger partial charge < -0.3 is 4.74 Å². The average Bonchev–Trinajstić information content (AvgIpc) is 2.96. The van der Waals surface area contributed by atoms with Crippen LogP contribution in [0.2, 0.25) is 0 Å². The molecule has 0 amide bonds. The van der Waals surface area contributed by atoms with Gasteiger partial charge in [0.2, 0.25) is 0 Å². The SMILES string of the molecule is COc1ccc(CSc2nnc3ccccn23)cc1C#N. The molecule has 104 valence electrons. The van der Waals surface area contributed by atoms with Gasteiger partial charge >= 0.3 is 0 Å². The maximum atomic E-state index is 9.10. The number of hydrogen-bond donors (Lipinski definition) is 0. The van der Waals surface area contributed by atoms with Gasteiger partial charge in [0.05, 0.1) is 12.7 Å². The standard InChI is InChI=1S/C15H12N4OS/c1-20-13-6-5-11(8-12(13)9-16)10-21-15-18-17-14-4-2-3-7-19(14)15/h2-8H,10H2,1H3. The molecule has 0 N–H and O–H groups in total. The molecule has 6 heteroatoms. The van der Waals surface area contributed by atoms with Gasteiger partial charge in [0.25, 0.3) is 0 Å². The fraction of sp³-hybridized carbons (Fsp3) is 0.133. The van der Waals surface area contributed by atoms with Gasteiger partial charge in [-0.3, -0.25) is 4.40 Å². The Morgan fingerprint density at radius 1 is 1.29 bits per heavy atom. The third kappa shape index (κ3) is 2.69. The number of rotatable bonds is 4. The zero-order chi connectivity index (χ0) is 14.7. The Labute approximate surface area is 126 Å². The van der Waals surface area contributed by atoms with E-state index in [1.165, 1.54) is 0 Å². The molecule has 0 aliphatic rings. The number of thioether (sulfide) groups is 1. The Balaban J connectivity index is 1.80. The van der Waals surface area contributed by atoms with Gasteiger partial charge in [-0.15, -0.1) is 10.2 Å². The van der Waals surface area contributed by atoms with Crippen molar-refractivity contribution in [2.75, 3.05) is 7.11 Å². The summed E-state index contributed by atoms with van der Waals surface area (Å²) in [7, 11) is 1.56. The molecule has 21 heavy (non-hydrogen) atoms. The molecule has 0 aliphatic heterocycles. The lowest BCUT2D eigenvalue weighted by molar-refractivity contribution is 0.413. The number of benzene rings is 1. The summed E-state index contributed by atoms with van der Waals surface area (Å²) in [5.41, 5.74) is 2.42. The normalized spacial score (nSPS) is 10.5. The molecule has 0 saturated heterocycles. The van der Waals surface area contributed by atoms with Crippen molar-refractivity contribution in [1.82, 2.24) is 14.6 Å². The largest absolute Gasteiger partial charge is 0.495 e. The van der Waals surface area contributed by atoms with Crippen molar-refractivity contribution in [1.29, 1.82) is 5.26 Å². The minimum atomic E-state index is 0.543. The maximum Gasteiger partial charge on any atom is 0.195 e. The third-order valence-corrected chi connectivity index (χ3v) is 4.05. The van der Waals surface area contributed by atoms with Crippen molar-refractivity contribution in [2.45, 2.75) is 10.9 Å². The number of nitriles is 1. The Kier molecular flexibility index (Phi) is 3.75. The van der Waals surface area contributed by atoms with Crippen LogP contribution in [0.5, 0.6) is 5.75 Å². The molecule has 2 aromatic heterocycles. The van der Waals surface area contributed by atoms with Crippen LogP contribution in [-0.4, -0.2) is 21.7 Å². The molecule has 5 nitrogen and oxygen atoms in total. The Morgan fingerprint density at radius 3 is 3.00 bits per heavy atom. The predicted octanol–water partition coefficient (Wildman–Crippen LogP) is 2.90. The Morgan fingerprint density at radius 2 is 2.19 bits per heavy atom. The second-order valence-corrected chi connectivity index (χ2v) is 5.29. The van der Waals surface area contributed by atoms with Crippen LogP contribution in [0, 0.1) is 11.3 Å². The summed E-state index contributed by atoms with van der Waals surface area (Å²) in [5.74, 6) is 1.31. The van der Waals surface area contributed by atoms with Gasteiger partial charge in [-0.2, -0.15) is 5.26 Å². The first kappa shape index (κ1) is 13.5. The van der Waals surface area contributed by atoms with E-state index in [1.54, 1.807) is 18.9 Å². The molecule has 0 atom stereocenters. The van der Waals surface area contributed by atoms with E-state index in [0.717, 1.165) is 16.4 Å². The predicted molar refractivity (Wildman–Crippen MR) is 80.3 cm³/mol. The van der Waals surface area contributed by atoms with E-state index in [9.17, 15) is 0 Å². The van der Waals surface area contributed by atoms with E-state index in [1.807, 2.05) is 47.0 Å². The molecule has 1 aromatic carbocycles. The molecule has 3 rings (SSSR count). The monoisotopic (exact) mass is 296 g/mol. The number of methoxy groups -OCH3 is 1. The highest BCUT2D eigenvalue weighted by molar-refractivity contribution is 7.98. The minimum Gasteiger partial charge on any atom is -0.495 e. The van der Waals surface area contributed by atoms with Gasteiger partial charge in [0, 0.05) is 11.9 Å². The second kappa shape index (κ2) is 5.85. The van der Waals surface area contributed by atoms with Crippen LogP contribution in [0.3, 0.4) is 0 Å². The van der Waals surface area contributed by atoms with Crippen LogP contribution in [0.1, 0.15) is 11.1 Å². The van der Waals surface area contributed by atoms with E-state index in [0.29, 0.717) is 17.1 Å². The molecule has 0 bridgehead atoms. The topological polar surface area (TPSA) is 63.2 Å². The van der Waals surface area contributed by atoms with Crippen molar-refractivity contribution in [2.24, 2.45) is 0 Å². The van der Waals surface area contributed by atoms with Crippen molar-refractivity contribution in [3.63, 3.8) is 0 Å². The first-order chi connectivity index (χ1) is 10.3. The highest BCUT2D eigenvalue weighted by atomic mass is 32.2. The fourth-order valence-corrected chi connectivity index (χ4v) is 2.87. The van der Waals surface area contributed by atoms with E-state index in [-0.39, 0.29) is 0 Å². The highest BCUT2D eigenvalue weighted by Gasteiger charge is 2.07. The van der Waals surface area contributed by atoms with Crippen molar-refractivity contribution < 1.29 is 4.74 Å². The lowest BCUT2D eigenvalue weighted by Gasteiger charge is -2.05. The van der Waals surface area contributed by atoms with Crippen molar-refractivity contribution in [3.8, 4) is 11.8 Å². The van der Waals surface area contributed by atoms with Gasteiger partial charge in [0.15, 0.2) is 10.8 Å². The van der Waals surface area contributed by atoms with E-state index in [4.69, 9.17) is 10.00 Å². The van der Waals surface area contributed by atoms with Gasteiger partial charge in [-0.05, 0) is 29.8 Å². The number of pyridine rings is 1. The van der Waals surface area contributed by atoms with E-state index in [2.05, 4.69) is 16.3 Å². The summed E-state index contributed by atoms with van der Waals surface area (Å²) in [6.07, 6.45) is 1.94. The number of aromatic nitrogens is 3. The summed E-state index contributed by atoms with van der Waals surface area (Å²) in [6, 6.07) is 13.5. The van der Waals surface area contributed by atoms with Crippen LogP contribution >= 0.6 is 11.8 Å². The fourth-order valence-electron chi connectivity index (χ4n) is 2.00. The number of fused-ring (bicyclic) bond motifs is 1. The van der Waals surface area contributed by atoms with Gasteiger partial charge in [-0.1, -0.05) is 23.9 Å². The molecule has 0 aliphatic carbocycles. The molecule has 3 aromatic rings.